The Bertz CT molecular complexity index is 1420. The van der Waals surface area contributed by atoms with Gasteiger partial charge in [0.05, 0.1) is 27.8 Å². The third-order valence-corrected chi connectivity index (χ3v) is 7.69. The van der Waals surface area contributed by atoms with Crippen LogP contribution >= 0.6 is 39.1 Å². The number of carbonyl (C=O) groups excluding carboxylic acids is 2. The first-order valence-electron chi connectivity index (χ1n) is 12.3. The van der Waals surface area contributed by atoms with E-state index in [1.54, 1.807) is 58.8 Å². The highest BCUT2D eigenvalue weighted by Crippen LogP contribution is 2.39. The molecule has 1 aliphatic heterocycles. The maximum Gasteiger partial charge on any atom is 0.410 e. The number of esters is 1. The Kier molecular flexibility index (Phi) is 7.91. The number of halogens is 4. The minimum atomic E-state index is -0.689. The normalized spacial score (nSPS) is 18.7. The zero-order valence-electron chi connectivity index (χ0n) is 22.1. The topological polar surface area (TPSA) is 86.6 Å². The van der Waals surface area contributed by atoms with E-state index in [2.05, 4.69) is 25.9 Å². The van der Waals surface area contributed by atoms with Crippen molar-refractivity contribution in [2.75, 3.05) is 6.54 Å². The van der Waals surface area contributed by atoms with Crippen LogP contribution in [0.1, 0.15) is 66.8 Å². The summed E-state index contributed by atoms with van der Waals surface area (Å²) in [6.07, 6.45) is 2.10. The molecule has 1 fully saturated rings. The molecule has 206 valence electrons. The van der Waals surface area contributed by atoms with Crippen LogP contribution in [0.15, 0.2) is 16.9 Å². The van der Waals surface area contributed by atoms with E-state index in [1.807, 2.05) is 4.57 Å². The lowest BCUT2D eigenvalue weighted by atomic mass is 9.94. The summed E-state index contributed by atoms with van der Waals surface area (Å²) >= 11 is 15.9. The number of rotatable bonds is 3. The highest BCUT2D eigenvalue weighted by atomic mass is 79.9. The molecule has 1 aromatic carbocycles. The van der Waals surface area contributed by atoms with Gasteiger partial charge in [-0.1, -0.05) is 23.2 Å². The van der Waals surface area contributed by atoms with E-state index in [1.165, 1.54) is 0 Å². The summed E-state index contributed by atoms with van der Waals surface area (Å²) in [6, 6.07) is 0.953. The van der Waals surface area contributed by atoms with Crippen molar-refractivity contribution < 1.29 is 23.5 Å². The number of likely N-dealkylation sites (tertiary alicyclic amines) is 1. The van der Waals surface area contributed by atoms with E-state index in [-0.39, 0.29) is 32.6 Å². The Morgan fingerprint density at radius 3 is 2.42 bits per heavy atom. The minimum Gasteiger partial charge on any atom is -0.460 e. The molecule has 0 bridgehead atoms. The van der Waals surface area contributed by atoms with Gasteiger partial charge < -0.3 is 18.9 Å². The molecule has 0 spiro atoms. The molecule has 0 unspecified atom stereocenters. The van der Waals surface area contributed by atoms with Gasteiger partial charge in [-0.3, -0.25) is 4.79 Å². The van der Waals surface area contributed by atoms with Crippen molar-refractivity contribution in [3.8, 4) is 0 Å². The zero-order chi connectivity index (χ0) is 28.2. The predicted molar refractivity (Wildman–Crippen MR) is 148 cm³/mol. The summed E-state index contributed by atoms with van der Waals surface area (Å²) in [5.74, 6) is -1.03. The molecule has 3 aromatic rings. The highest BCUT2D eigenvalue weighted by Gasteiger charge is 2.37. The number of nitrogens with zero attached hydrogens (tertiary/aromatic N) is 4. The number of hydrogen-bond donors (Lipinski definition) is 0. The lowest BCUT2D eigenvalue weighted by Gasteiger charge is -2.40. The lowest BCUT2D eigenvalue weighted by molar-refractivity contribution is -0.156. The number of pyridine rings is 1. The molecular formula is C26H30BrCl2FN4O4. The predicted octanol–water partition coefficient (Wildman–Crippen LogP) is 7.47. The summed E-state index contributed by atoms with van der Waals surface area (Å²) in [6.45, 7) is 11.1. The van der Waals surface area contributed by atoms with E-state index in [4.69, 9.17) is 32.7 Å². The molecule has 1 amide bonds. The van der Waals surface area contributed by atoms with Crippen LogP contribution in [0.25, 0.3) is 21.9 Å². The van der Waals surface area contributed by atoms with Gasteiger partial charge in [0.2, 0.25) is 0 Å². The molecule has 1 saturated heterocycles. The van der Waals surface area contributed by atoms with Gasteiger partial charge in [0, 0.05) is 24.0 Å². The fourth-order valence-electron chi connectivity index (χ4n) is 4.69. The van der Waals surface area contributed by atoms with Gasteiger partial charge in [0.25, 0.3) is 0 Å². The van der Waals surface area contributed by atoms with Crippen molar-refractivity contribution in [2.24, 2.45) is 0 Å². The van der Waals surface area contributed by atoms with Crippen LogP contribution in [-0.4, -0.2) is 55.3 Å². The van der Waals surface area contributed by atoms with Crippen LogP contribution in [-0.2, 0) is 14.3 Å². The molecule has 0 aliphatic carbocycles. The van der Waals surface area contributed by atoms with E-state index in [0.29, 0.717) is 35.8 Å². The average molecular weight is 632 g/mol. The van der Waals surface area contributed by atoms with Gasteiger partial charge in [-0.2, -0.15) is 0 Å². The maximum atomic E-state index is 15.1. The molecule has 1 aliphatic rings. The fraction of sp³-hybridized carbons (Fsp3) is 0.538. The van der Waals surface area contributed by atoms with Crippen LogP contribution < -0.4 is 0 Å². The average Bonchev–Trinajstić information content (AvgIpc) is 3.22. The maximum absolute atomic E-state index is 15.1. The van der Waals surface area contributed by atoms with Crippen molar-refractivity contribution in [3.05, 3.63) is 32.9 Å². The third kappa shape index (κ3) is 6.02. The molecule has 38 heavy (non-hydrogen) atoms. The lowest BCUT2D eigenvalue weighted by Crippen LogP contribution is -2.49. The fourth-order valence-corrected chi connectivity index (χ4v) is 5.41. The number of fused-ring (bicyclic) bond motifs is 3. The van der Waals surface area contributed by atoms with Crippen LogP contribution in [0.4, 0.5) is 9.18 Å². The highest BCUT2D eigenvalue weighted by molar-refractivity contribution is 9.10. The van der Waals surface area contributed by atoms with E-state index < -0.39 is 35.1 Å². The van der Waals surface area contributed by atoms with Crippen molar-refractivity contribution in [1.29, 1.82) is 0 Å². The van der Waals surface area contributed by atoms with Gasteiger partial charge in [-0.15, -0.1) is 0 Å². The summed E-state index contributed by atoms with van der Waals surface area (Å²) in [5, 5.41) is 0.720. The van der Waals surface area contributed by atoms with E-state index >= 15 is 4.39 Å². The summed E-state index contributed by atoms with van der Waals surface area (Å²) in [7, 11) is 0. The molecule has 0 N–H and O–H groups in total. The Labute approximate surface area is 238 Å². The summed E-state index contributed by atoms with van der Waals surface area (Å²) < 4.78 is 28.3. The molecule has 4 rings (SSSR count). The smallest absolute Gasteiger partial charge is 0.410 e. The van der Waals surface area contributed by atoms with Crippen molar-refractivity contribution in [1.82, 2.24) is 19.4 Å². The Morgan fingerprint density at radius 2 is 1.79 bits per heavy atom. The number of hydrogen-bond acceptors (Lipinski definition) is 6. The van der Waals surface area contributed by atoms with Crippen molar-refractivity contribution in [2.45, 2.75) is 84.1 Å². The Hall–Kier alpha value is -2.17. The number of aromatic nitrogens is 3. The third-order valence-electron chi connectivity index (χ3n) is 6.12. The number of ether oxygens (including phenoxy) is 2. The van der Waals surface area contributed by atoms with Gasteiger partial charge in [-0.05, 0) is 76.4 Å². The summed E-state index contributed by atoms with van der Waals surface area (Å²) in [5.41, 5.74) is -0.291. The molecule has 2 atom stereocenters. The molecule has 0 radical (unpaired) electrons. The first-order chi connectivity index (χ1) is 17.6. The first kappa shape index (κ1) is 28.8. The van der Waals surface area contributed by atoms with Gasteiger partial charge in [0.1, 0.15) is 22.2 Å². The molecule has 2 aromatic heterocycles. The molecular weight excluding hydrogens is 602 g/mol. The van der Waals surface area contributed by atoms with Crippen LogP contribution in [0.2, 0.25) is 10.2 Å². The standard InChI is InChI=1S/C26H30BrCl2FN4O4/c1-25(2,3)37-17(35)10-14-9-13(7-8-33(14)24(36)38-26(4,5)6)34-12-31-21-22(34)15-11-16(28)18(27)19(30)20(15)32-23(21)29/h11-14H,7-10H2,1-6H3/t13-,14-/m0/s1. The van der Waals surface area contributed by atoms with Crippen molar-refractivity contribution in [3.63, 3.8) is 0 Å². The number of benzene rings is 1. The number of amides is 1. The van der Waals surface area contributed by atoms with Gasteiger partial charge in [0.15, 0.2) is 11.0 Å². The molecule has 3 heterocycles. The molecule has 0 saturated carbocycles. The number of piperidine rings is 1. The summed E-state index contributed by atoms with van der Waals surface area (Å²) in [4.78, 5) is 36.1. The Balaban J connectivity index is 1.74. The number of imidazole rings is 1. The minimum absolute atomic E-state index is 0.00386. The second-order valence-electron chi connectivity index (χ2n) is 11.4. The second kappa shape index (κ2) is 10.4. The second-order valence-corrected chi connectivity index (χ2v) is 13.0. The monoisotopic (exact) mass is 630 g/mol. The SMILES string of the molecule is CC(C)(C)OC(=O)C[C@@H]1C[C@@H](n2cnc3c(Cl)nc4c(F)c(Br)c(Cl)cc4c32)CCN1C(=O)OC(C)(C)C. The van der Waals surface area contributed by atoms with Crippen LogP contribution in [0, 0.1) is 5.82 Å². The largest absolute Gasteiger partial charge is 0.460 e. The zero-order valence-corrected chi connectivity index (χ0v) is 25.2. The van der Waals surface area contributed by atoms with Crippen LogP contribution in [0.3, 0.4) is 0 Å². The van der Waals surface area contributed by atoms with Gasteiger partial charge >= 0.3 is 12.1 Å². The van der Waals surface area contributed by atoms with Gasteiger partial charge in [-0.25, -0.2) is 19.2 Å². The van der Waals surface area contributed by atoms with E-state index in [9.17, 15) is 9.59 Å². The van der Waals surface area contributed by atoms with Crippen LogP contribution in [0.5, 0.6) is 0 Å². The first-order valence-corrected chi connectivity index (χ1v) is 13.8. The number of carbonyl (C=O) groups is 2. The van der Waals surface area contributed by atoms with Crippen molar-refractivity contribution >= 4 is 73.1 Å². The molecule has 12 heteroatoms. The Morgan fingerprint density at radius 1 is 1.13 bits per heavy atom. The quantitative estimate of drug-likeness (QED) is 0.169. The molecule has 8 nitrogen and oxygen atoms in total. The van der Waals surface area contributed by atoms with E-state index in [0.717, 1.165) is 0 Å².